The fraction of sp³-hybridized carbons (Fsp3) is 0.0233. The van der Waals surface area contributed by atoms with Gasteiger partial charge in [0.25, 0.3) is 0 Å². The highest BCUT2D eigenvalue weighted by molar-refractivity contribution is 7.85. The molecule has 1 spiro atoms. The lowest BCUT2D eigenvalue weighted by Crippen LogP contribution is -2.36. The molecule has 0 amide bonds. The van der Waals surface area contributed by atoms with E-state index in [1.54, 1.807) is 6.07 Å². The van der Waals surface area contributed by atoms with E-state index in [-0.39, 0.29) is 0 Å². The molecule has 1 unspecified atom stereocenters. The van der Waals surface area contributed by atoms with Gasteiger partial charge in [-0.05, 0) is 57.0 Å². The minimum absolute atomic E-state index is 0.432. The summed E-state index contributed by atoms with van der Waals surface area (Å²) in [5, 5.41) is 25.6. The normalized spacial score (nSPS) is 15.7. The predicted octanol–water partition coefficient (Wildman–Crippen LogP) is 6.78. The first-order valence-electron chi connectivity index (χ1n) is 16.5. The Morgan fingerprint density at radius 2 is 1.10 bits per heavy atom. The molecule has 10 rings (SSSR count). The number of hydrogen-bond donors (Lipinski definition) is 2. The summed E-state index contributed by atoms with van der Waals surface area (Å²) in [6.07, 6.45) is 0. The second kappa shape index (κ2) is 10.3. The summed E-state index contributed by atoms with van der Waals surface area (Å²) in [6, 6.07) is 55.3. The van der Waals surface area contributed by atoms with Gasteiger partial charge in [-0.15, -0.1) is 0 Å². The Balaban J connectivity index is 1.38. The van der Waals surface area contributed by atoms with Crippen molar-refractivity contribution >= 4 is 57.4 Å². The third kappa shape index (κ3) is 3.65. The van der Waals surface area contributed by atoms with Crippen molar-refractivity contribution in [1.29, 1.82) is 0 Å². The molecular weight excluding hydrogens is 620 g/mol. The minimum Gasteiger partial charge on any atom is -0.423 e. The van der Waals surface area contributed by atoms with Gasteiger partial charge in [-0.3, -0.25) is 0 Å². The maximum atomic E-state index is 15.8. The molecule has 2 aliphatic rings. The lowest BCUT2D eigenvalue weighted by atomic mass is 9.64. The van der Waals surface area contributed by atoms with E-state index in [0.29, 0.717) is 5.46 Å². The van der Waals surface area contributed by atoms with Crippen LogP contribution in [0.25, 0.3) is 38.6 Å². The van der Waals surface area contributed by atoms with Crippen LogP contribution in [0.3, 0.4) is 0 Å². The monoisotopic (exact) mass is 649 g/mol. The molecule has 0 saturated carbocycles. The number of fused-ring (bicyclic) bond motifs is 12. The van der Waals surface area contributed by atoms with Crippen LogP contribution in [0.5, 0.6) is 0 Å². The first-order chi connectivity index (χ1) is 24.0. The van der Waals surface area contributed by atoms with Crippen LogP contribution in [0.4, 0.5) is 0 Å². The quantitative estimate of drug-likeness (QED) is 0.163. The molecule has 7 aromatic carbocycles. The molecule has 1 atom stereocenters. The van der Waals surface area contributed by atoms with Crippen molar-refractivity contribution in [3.05, 3.63) is 186 Å². The van der Waals surface area contributed by atoms with Crippen LogP contribution in [0.2, 0.25) is 0 Å². The molecule has 1 aliphatic carbocycles. The number of aromatic nitrogens is 1. The van der Waals surface area contributed by atoms with Crippen molar-refractivity contribution in [2.75, 3.05) is 0 Å². The molecule has 0 bridgehead atoms. The lowest BCUT2D eigenvalue weighted by molar-refractivity contribution is 0.425. The van der Waals surface area contributed by atoms with E-state index < -0.39 is 19.7 Å². The summed E-state index contributed by atoms with van der Waals surface area (Å²) in [5.74, 6) is 0. The van der Waals surface area contributed by atoms with Crippen molar-refractivity contribution < 1.29 is 14.6 Å². The van der Waals surface area contributed by atoms with Crippen molar-refractivity contribution in [2.24, 2.45) is 0 Å². The largest absolute Gasteiger partial charge is 0.488 e. The zero-order chi connectivity index (χ0) is 32.9. The van der Waals surface area contributed by atoms with E-state index in [0.717, 1.165) is 71.4 Å². The van der Waals surface area contributed by atoms with Gasteiger partial charge in [0, 0.05) is 26.7 Å². The van der Waals surface area contributed by atoms with Crippen LogP contribution < -0.4 is 21.4 Å². The van der Waals surface area contributed by atoms with Crippen molar-refractivity contribution in [1.82, 2.24) is 4.57 Å². The van der Waals surface area contributed by atoms with E-state index in [9.17, 15) is 10.0 Å². The molecule has 1 aromatic heterocycles. The Bertz CT molecular complexity index is 2640. The third-order valence-corrected chi connectivity index (χ3v) is 13.8. The summed E-state index contributed by atoms with van der Waals surface area (Å²) < 4.78 is 18.2. The van der Waals surface area contributed by atoms with E-state index in [1.807, 2.05) is 78.9 Å². The number of rotatable bonds is 4. The molecule has 232 valence electrons. The van der Waals surface area contributed by atoms with E-state index in [1.165, 1.54) is 5.39 Å². The summed E-state index contributed by atoms with van der Waals surface area (Å²) in [6.45, 7) is 0. The van der Waals surface area contributed by atoms with Crippen LogP contribution in [0, 0.1) is 0 Å². The SMILES string of the molecule is O=P(c1ccccc1)(c1ccccc1)c1ccc2c(c1)C1(c3cc(B(O)O)ccc3-2)c2ccccc2-n2c3ccccc3c3cccc1c32. The molecule has 0 fully saturated rings. The fourth-order valence-electron chi connectivity index (χ4n) is 8.69. The number of benzene rings is 7. The van der Waals surface area contributed by atoms with Crippen LogP contribution in [0.1, 0.15) is 22.3 Å². The van der Waals surface area contributed by atoms with Gasteiger partial charge in [0.1, 0.15) is 0 Å². The smallest absolute Gasteiger partial charge is 0.423 e. The van der Waals surface area contributed by atoms with Gasteiger partial charge in [-0.2, -0.15) is 0 Å². The Labute approximate surface area is 284 Å². The maximum absolute atomic E-state index is 15.8. The van der Waals surface area contributed by atoms with Crippen molar-refractivity contribution in [3.63, 3.8) is 0 Å². The highest BCUT2D eigenvalue weighted by atomic mass is 31.2. The fourth-order valence-corrected chi connectivity index (χ4v) is 11.4. The Kier molecular flexibility index (Phi) is 5.99. The molecule has 0 radical (unpaired) electrons. The zero-order valence-corrected chi connectivity index (χ0v) is 27.3. The van der Waals surface area contributed by atoms with E-state index in [2.05, 4.69) is 83.4 Å². The average molecular weight is 649 g/mol. The van der Waals surface area contributed by atoms with Crippen molar-refractivity contribution in [3.8, 4) is 16.8 Å². The molecule has 2 N–H and O–H groups in total. The average Bonchev–Trinajstić information content (AvgIpc) is 3.65. The van der Waals surface area contributed by atoms with Gasteiger partial charge < -0.3 is 19.2 Å². The molecule has 1 aliphatic heterocycles. The number of para-hydroxylation sites is 3. The zero-order valence-electron chi connectivity index (χ0n) is 26.4. The van der Waals surface area contributed by atoms with Gasteiger partial charge in [0.2, 0.25) is 0 Å². The Hall–Kier alpha value is -5.45. The van der Waals surface area contributed by atoms with Crippen LogP contribution >= 0.6 is 7.14 Å². The van der Waals surface area contributed by atoms with Crippen molar-refractivity contribution in [2.45, 2.75) is 5.41 Å². The highest BCUT2D eigenvalue weighted by Gasteiger charge is 2.51. The predicted molar refractivity (Wildman–Crippen MR) is 201 cm³/mol. The number of nitrogens with zero attached hydrogens (tertiary/aromatic N) is 1. The standard InChI is InChI=1S/C43H29BNO3P/c46-44(47)28-22-24-32-33-25-23-31(49(48,29-12-3-1-4-13-29)30-14-5-2-6-15-30)27-39(33)43(38(32)26-28)36-18-8-10-21-41(36)45-40-20-9-7-16-34(40)35-17-11-19-37(43)42(35)45/h1-27,46-47H. The van der Waals surface area contributed by atoms with Crippen LogP contribution in [-0.4, -0.2) is 21.7 Å². The second-order valence-corrected chi connectivity index (χ2v) is 15.8. The maximum Gasteiger partial charge on any atom is 0.488 e. The molecule has 2 heterocycles. The Morgan fingerprint density at radius 1 is 0.510 bits per heavy atom. The van der Waals surface area contributed by atoms with Gasteiger partial charge >= 0.3 is 7.12 Å². The van der Waals surface area contributed by atoms with E-state index >= 15 is 4.57 Å². The first kappa shape index (κ1) is 28.6. The highest BCUT2D eigenvalue weighted by Crippen LogP contribution is 2.61. The van der Waals surface area contributed by atoms with Gasteiger partial charge in [0.15, 0.2) is 7.14 Å². The van der Waals surface area contributed by atoms with Gasteiger partial charge in [-0.25, -0.2) is 0 Å². The van der Waals surface area contributed by atoms with E-state index in [4.69, 9.17) is 0 Å². The van der Waals surface area contributed by atoms with Crippen LogP contribution in [-0.2, 0) is 9.98 Å². The Morgan fingerprint density at radius 3 is 1.84 bits per heavy atom. The molecule has 4 nitrogen and oxygen atoms in total. The molecule has 49 heavy (non-hydrogen) atoms. The summed E-state index contributed by atoms with van der Waals surface area (Å²) in [4.78, 5) is 0. The van der Waals surface area contributed by atoms with Gasteiger partial charge in [-0.1, -0.05) is 146 Å². The minimum atomic E-state index is -3.31. The molecular formula is C43H29BNO3P. The lowest BCUT2D eigenvalue weighted by Gasteiger charge is -2.40. The summed E-state index contributed by atoms with van der Waals surface area (Å²) in [5.41, 5.74) is 9.21. The van der Waals surface area contributed by atoms with Crippen LogP contribution in [0.15, 0.2) is 164 Å². The molecule has 8 aromatic rings. The van der Waals surface area contributed by atoms with Gasteiger partial charge in [0.05, 0.1) is 22.1 Å². The first-order valence-corrected chi connectivity index (χ1v) is 18.2. The second-order valence-electron chi connectivity index (χ2n) is 13.0. The molecule has 6 heteroatoms. The third-order valence-electron chi connectivity index (χ3n) is 10.7. The number of hydrogen-bond acceptors (Lipinski definition) is 3. The summed E-state index contributed by atoms with van der Waals surface area (Å²) >= 11 is 0. The topological polar surface area (TPSA) is 62.5 Å². The molecule has 0 saturated heterocycles. The summed E-state index contributed by atoms with van der Waals surface area (Å²) in [7, 11) is -4.94.